The van der Waals surface area contributed by atoms with Crippen molar-refractivity contribution in [3.63, 3.8) is 0 Å². The van der Waals surface area contributed by atoms with E-state index in [1.165, 1.54) is 11.6 Å². The van der Waals surface area contributed by atoms with Crippen molar-refractivity contribution in [3.8, 4) is 11.5 Å². The number of halogens is 1. The number of nitrogens with two attached hydrogens (primary N) is 1. The van der Waals surface area contributed by atoms with Crippen molar-refractivity contribution in [1.82, 2.24) is 4.98 Å². The number of ether oxygens (including phenoxy) is 2. The van der Waals surface area contributed by atoms with Gasteiger partial charge >= 0.3 is 0 Å². The number of hydrogen-bond acceptors (Lipinski definition) is 3. The second-order valence-corrected chi connectivity index (χ2v) is 7.88. The summed E-state index contributed by atoms with van der Waals surface area (Å²) in [7, 11) is 1.71. The standard InChI is InChI=1S/C24H29FN2O2/c1-28-23-8-3-9-24-20(23)13-16(6-4-12-26)22(29-24)7-2-5-17-15-27-21-11-10-18(25)14-19(17)21/h3,8-11,14-16,22,27H,2,4-7,12-13,26H2,1H3/t16-,22?/m1/s1. The first-order valence-corrected chi connectivity index (χ1v) is 10.5. The third kappa shape index (κ3) is 4.25. The Hall–Kier alpha value is -2.53. The number of nitrogens with one attached hydrogen (secondary N) is 1. The fraction of sp³-hybridized carbons (Fsp3) is 0.417. The van der Waals surface area contributed by atoms with Crippen LogP contribution in [0.25, 0.3) is 10.9 Å². The fourth-order valence-corrected chi connectivity index (χ4v) is 4.52. The molecule has 0 spiro atoms. The minimum atomic E-state index is -0.193. The van der Waals surface area contributed by atoms with E-state index in [-0.39, 0.29) is 11.9 Å². The highest BCUT2D eigenvalue weighted by Gasteiger charge is 2.31. The lowest BCUT2D eigenvalue weighted by Crippen LogP contribution is -2.33. The maximum atomic E-state index is 13.6. The number of methoxy groups -OCH3 is 1. The van der Waals surface area contributed by atoms with Gasteiger partial charge in [-0.05, 0) is 81.0 Å². The van der Waals surface area contributed by atoms with Gasteiger partial charge in [-0.3, -0.25) is 0 Å². The number of aryl methyl sites for hydroxylation is 1. The summed E-state index contributed by atoms with van der Waals surface area (Å²) in [4.78, 5) is 3.24. The van der Waals surface area contributed by atoms with Crippen LogP contribution in [0.1, 0.15) is 36.8 Å². The van der Waals surface area contributed by atoms with Crippen molar-refractivity contribution in [2.24, 2.45) is 11.7 Å². The molecule has 2 atom stereocenters. The summed E-state index contributed by atoms with van der Waals surface area (Å²) in [5, 5.41) is 0.976. The topological polar surface area (TPSA) is 60.3 Å². The Morgan fingerprint density at radius 1 is 1.21 bits per heavy atom. The van der Waals surface area contributed by atoms with Gasteiger partial charge in [-0.25, -0.2) is 4.39 Å². The molecule has 4 rings (SSSR count). The van der Waals surface area contributed by atoms with Crippen molar-refractivity contribution in [2.75, 3.05) is 13.7 Å². The van der Waals surface area contributed by atoms with Crippen LogP contribution in [-0.4, -0.2) is 24.7 Å². The molecular weight excluding hydrogens is 367 g/mol. The van der Waals surface area contributed by atoms with Crippen molar-refractivity contribution in [2.45, 2.75) is 44.6 Å². The third-order valence-corrected chi connectivity index (χ3v) is 6.02. The number of rotatable bonds is 8. The van der Waals surface area contributed by atoms with Crippen molar-refractivity contribution < 1.29 is 13.9 Å². The number of H-pyrrole nitrogens is 1. The van der Waals surface area contributed by atoms with Gasteiger partial charge in [-0.15, -0.1) is 0 Å². The number of aromatic amines is 1. The van der Waals surface area contributed by atoms with Crippen LogP contribution in [0.3, 0.4) is 0 Å². The third-order valence-electron chi connectivity index (χ3n) is 6.02. The second kappa shape index (κ2) is 8.87. The predicted molar refractivity (Wildman–Crippen MR) is 114 cm³/mol. The molecular formula is C24H29FN2O2. The number of aromatic nitrogens is 1. The van der Waals surface area contributed by atoms with Crippen LogP contribution in [0, 0.1) is 11.7 Å². The minimum Gasteiger partial charge on any atom is -0.496 e. The Balaban J connectivity index is 1.46. The van der Waals surface area contributed by atoms with Gasteiger partial charge in [0.1, 0.15) is 23.4 Å². The normalized spacial score (nSPS) is 18.4. The zero-order chi connectivity index (χ0) is 20.2. The Kier molecular flexibility index (Phi) is 6.05. The maximum Gasteiger partial charge on any atom is 0.126 e. The molecule has 2 aromatic carbocycles. The van der Waals surface area contributed by atoms with Crippen LogP contribution in [0.4, 0.5) is 4.39 Å². The zero-order valence-electron chi connectivity index (χ0n) is 16.9. The summed E-state index contributed by atoms with van der Waals surface area (Å²) in [6.07, 6.45) is 8.04. The molecule has 3 N–H and O–H groups in total. The predicted octanol–water partition coefficient (Wildman–Crippen LogP) is 5.00. The molecule has 1 unspecified atom stereocenters. The van der Waals surface area contributed by atoms with Crippen molar-refractivity contribution in [1.29, 1.82) is 0 Å². The largest absolute Gasteiger partial charge is 0.496 e. The van der Waals surface area contributed by atoms with Gasteiger partial charge in [0.15, 0.2) is 0 Å². The van der Waals surface area contributed by atoms with Crippen LogP contribution >= 0.6 is 0 Å². The summed E-state index contributed by atoms with van der Waals surface area (Å²) in [5.41, 5.74) is 9.08. The first-order valence-electron chi connectivity index (χ1n) is 10.5. The fourth-order valence-electron chi connectivity index (χ4n) is 4.52. The molecule has 29 heavy (non-hydrogen) atoms. The highest BCUT2D eigenvalue weighted by molar-refractivity contribution is 5.83. The Morgan fingerprint density at radius 2 is 2.10 bits per heavy atom. The molecule has 0 radical (unpaired) electrons. The molecule has 4 nitrogen and oxygen atoms in total. The van der Waals surface area contributed by atoms with Gasteiger partial charge < -0.3 is 20.2 Å². The van der Waals surface area contributed by atoms with E-state index in [0.29, 0.717) is 12.5 Å². The van der Waals surface area contributed by atoms with E-state index in [9.17, 15) is 4.39 Å². The second-order valence-electron chi connectivity index (χ2n) is 7.88. The van der Waals surface area contributed by atoms with E-state index in [1.807, 2.05) is 24.4 Å². The molecule has 5 heteroatoms. The molecule has 154 valence electrons. The molecule has 1 aliphatic rings. The number of hydrogen-bond donors (Lipinski definition) is 2. The molecule has 0 saturated carbocycles. The quantitative estimate of drug-likeness (QED) is 0.563. The number of fused-ring (bicyclic) bond motifs is 2. The van der Waals surface area contributed by atoms with Crippen LogP contribution in [0.5, 0.6) is 11.5 Å². The van der Waals surface area contributed by atoms with Gasteiger partial charge in [0.25, 0.3) is 0 Å². The average Bonchev–Trinajstić information content (AvgIpc) is 3.13. The minimum absolute atomic E-state index is 0.170. The van der Waals surface area contributed by atoms with Gasteiger partial charge in [-0.2, -0.15) is 0 Å². The summed E-state index contributed by atoms with van der Waals surface area (Å²) in [6, 6.07) is 10.9. The Labute approximate surface area is 171 Å². The first-order chi connectivity index (χ1) is 14.2. The van der Waals surface area contributed by atoms with E-state index in [0.717, 1.165) is 66.5 Å². The molecule has 0 bridgehead atoms. The summed E-state index contributed by atoms with van der Waals surface area (Å²) >= 11 is 0. The van der Waals surface area contributed by atoms with Gasteiger partial charge in [0.05, 0.1) is 7.11 Å². The number of benzene rings is 2. The summed E-state index contributed by atoms with van der Waals surface area (Å²) in [5.74, 6) is 2.08. The Bertz CT molecular complexity index is 969. The first kappa shape index (κ1) is 19.8. The lowest BCUT2D eigenvalue weighted by molar-refractivity contribution is 0.0949. The molecule has 2 heterocycles. The molecule has 0 aliphatic carbocycles. The summed E-state index contributed by atoms with van der Waals surface area (Å²) in [6.45, 7) is 0.697. The highest BCUT2D eigenvalue weighted by atomic mass is 19.1. The Morgan fingerprint density at radius 3 is 2.93 bits per heavy atom. The van der Waals surface area contributed by atoms with E-state index >= 15 is 0 Å². The SMILES string of the molecule is COc1cccc2c1C[C@@H](CCCN)C(CCCc1c[nH]c3ccc(F)cc13)O2. The maximum absolute atomic E-state index is 13.6. The molecule has 3 aromatic rings. The van der Waals surface area contributed by atoms with E-state index in [4.69, 9.17) is 15.2 Å². The monoisotopic (exact) mass is 396 g/mol. The molecule has 0 amide bonds. The van der Waals surface area contributed by atoms with E-state index < -0.39 is 0 Å². The molecule has 1 aliphatic heterocycles. The van der Waals surface area contributed by atoms with E-state index in [1.54, 1.807) is 19.2 Å². The molecule has 0 fully saturated rings. The van der Waals surface area contributed by atoms with E-state index in [2.05, 4.69) is 4.98 Å². The molecule has 1 aromatic heterocycles. The van der Waals surface area contributed by atoms with Crippen LogP contribution in [-0.2, 0) is 12.8 Å². The lowest BCUT2D eigenvalue weighted by Gasteiger charge is -2.34. The van der Waals surface area contributed by atoms with Gasteiger partial charge in [0.2, 0.25) is 0 Å². The van der Waals surface area contributed by atoms with Gasteiger partial charge in [-0.1, -0.05) is 6.07 Å². The van der Waals surface area contributed by atoms with Crippen LogP contribution in [0.2, 0.25) is 0 Å². The zero-order valence-corrected chi connectivity index (χ0v) is 16.9. The smallest absolute Gasteiger partial charge is 0.126 e. The highest BCUT2D eigenvalue weighted by Crippen LogP contribution is 2.39. The lowest BCUT2D eigenvalue weighted by atomic mass is 9.84. The molecule has 0 saturated heterocycles. The van der Waals surface area contributed by atoms with Crippen LogP contribution in [0.15, 0.2) is 42.6 Å². The van der Waals surface area contributed by atoms with Crippen molar-refractivity contribution >= 4 is 10.9 Å². The van der Waals surface area contributed by atoms with Crippen LogP contribution < -0.4 is 15.2 Å². The average molecular weight is 397 g/mol. The van der Waals surface area contributed by atoms with Crippen molar-refractivity contribution in [3.05, 3.63) is 59.5 Å². The van der Waals surface area contributed by atoms with Gasteiger partial charge in [0, 0.05) is 28.6 Å². The summed E-state index contributed by atoms with van der Waals surface area (Å²) < 4.78 is 25.6.